The molecule has 0 aromatic heterocycles. The van der Waals surface area contributed by atoms with E-state index in [-0.39, 0.29) is 0 Å². The average Bonchev–Trinajstić information content (AvgIpc) is 1.96. The van der Waals surface area contributed by atoms with Gasteiger partial charge in [-0.15, -0.1) is 11.6 Å². The van der Waals surface area contributed by atoms with Crippen LogP contribution in [0.4, 0.5) is 0 Å². The van der Waals surface area contributed by atoms with Gasteiger partial charge in [-0.3, -0.25) is 0 Å². The summed E-state index contributed by atoms with van der Waals surface area (Å²) in [4.78, 5) is 0. The van der Waals surface area contributed by atoms with Crippen LogP contribution in [-0.4, -0.2) is 26.3 Å². The Labute approximate surface area is 80.2 Å². The van der Waals surface area contributed by atoms with Gasteiger partial charge in [-0.05, 0) is 18.8 Å². The van der Waals surface area contributed by atoms with Gasteiger partial charge in [0.05, 0.1) is 0 Å². The second kappa shape index (κ2) is 5.81. The molecule has 0 spiro atoms. The van der Waals surface area contributed by atoms with Gasteiger partial charge in [-0.2, -0.15) is 0 Å². The number of hydrogen-bond acceptors (Lipinski definition) is 2. The summed E-state index contributed by atoms with van der Waals surface area (Å²) in [5, 5.41) is 0. The molecule has 0 N–H and O–H groups in total. The molecule has 0 aliphatic rings. The molecule has 0 bridgehead atoms. The molecule has 0 aliphatic carbocycles. The smallest absolute Gasteiger partial charge is 0.147 e. The van der Waals surface area contributed by atoms with Gasteiger partial charge in [0.1, 0.15) is 9.84 Å². The van der Waals surface area contributed by atoms with Gasteiger partial charge in [-0.25, -0.2) is 8.42 Å². The van der Waals surface area contributed by atoms with Gasteiger partial charge in [0, 0.05) is 17.9 Å². The first-order chi connectivity index (χ1) is 5.49. The zero-order valence-electron chi connectivity index (χ0n) is 7.72. The lowest BCUT2D eigenvalue weighted by Gasteiger charge is -2.09. The highest BCUT2D eigenvalue weighted by Gasteiger charge is 2.07. The molecule has 0 aromatic carbocycles. The van der Waals surface area contributed by atoms with Crippen LogP contribution in [0.25, 0.3) is 0 Å². The third kappa shape index (κ3) is 6.92. The summed E-state index contributed by atoms with van der Waals surface area (Å²) in [7, 11) is -2.78. The molecule has 0 fully saturated rings. The maximum atomic E-state index is 10.8. The fraction of sp³-hybridized carbons (Fsp3) is 1.00. The van der Waals surface area contributed by atoms with Crippen molar-refractivity contribution in [3.63, 3.8) is 0 Å². The van der Waals surface area contributed by atoms with Crippen molar-refractivity contribution in [3.05, 3.63) is 0 Å². The summed E-state index contributed by atoms with van der Waals surface area (Å²) in [5.74, 6) is 1.41. The lowest BCUT2D eigenvalue weighted by molar-refractivity contribution is 0.511. The standard InChI is InChI=1S/C8H17ClO2S/c1-3-8(7-9)5-4-6-12(2,10)11/h8H,3-7H2,1-2H3. The van der Waals surface area contributed by atoms with Crippen molar-refractivity contribution in [1.82, 2.24) is 0 Å². The lowest BCUT2D eigenvalue weighted by atomic mass is 10.0. The first kappa shape index (κ1) is 12.2. The fourth-order valence-electron chi connectivity index (χ4n) is 1.02. The van der Waals surface area contributed by atoms with E-state index < -0.39 is 9.84 Å². The maximum absolute atomic E-state index is 10.8. The summed E-state index contributed by atoms with van der Waals surface area (Å²) >= 11 is 5.67. The van der Waals surface area contributed by atoms with Crippen molar-refractivity contribution < 1.29 is 8.42 Å². The van der Waals surface area contributed by atoms with Crippen LogP contribution in [0.1, 0.15) is 26.2 Å². The Bertz CT molecular complexity index is 195. The molecule has 0 amide bonds. The maximum Gasteiger partial charge on any atom is 0.147 e. The Morgan fingerprint density at radius 2 is 2.00 bits per heavy atom. The fourth-order valence-corrected chi connectivity index (χ4v) is 2.09. The minimum absolute atomic E-state index is 0.292. The largest absolute Gasteiger partial charge is 0.229 e. The Morgan fingerprint density at radius 1 is 1.42 bits per heavy atom. The van der Waals surface area contributed by atoms with Crippen LogP contribution in [-0.2, 0) is 9.84 Å². The Kier molecular flexibility index (Phi) is 5.93. The topological polar surface area (TPSA) is 34.1 Å². The predicted octanol–water partition coefficient (Wildman–Crippen LogP) is 2.08. The van der Waals surface area contributed by atoms with E-state index >= 15 is 0 Å². The Balaban J connectivity index is 3.55. The molecular weight excluding hydrogens is 196 g/mol. The van der Waals surface area contributed by atoms with E-state index in [1.165, 1.54) is 6.26 Å². The molecular formula is C8H17ClO2S. The minimum Gasteiger partial charge on any atom is -0.229 e. The third-order valence-electron chi connectivity index (χ3n) is 1.92. The third-order valence-corrected chi connectivity index (χ3v) is 3.39. The van der Waals surface area contributed by atoms with Crippen LogP contribution < -0.4 is 0 Å². The molecule has 2 nitrogen and oxygen atoms in total. The van der Waals surface area contributed by atoms with E-state index in [1.54, 1.807) is 0 Å². The van der Waals surface area contributed by atoms with Crippen LogP contribution in [0.2, 0.25) is 0 Å². The molecule has 0 aliphatic heterocycles. The molecule has 0 heterocycles. The van der Waals surface area contributed by atoms with E-state index in [2.05, 4.69) is 6.92 Å². The van der Waals surface area contributed by atoms with Crippen molar-refractivity contribution in [3.8, 4) is 0 Å². The van der Waals surface area contributed by atoms with E-state index in [0.717, 1.165) is 19.3 Å². The second-order valence-corrected chi connectivity index (χ2v) is 5.77. The minimum atomic E-state index is -2.78. The summed E-state index contributed by atoms with van der Waals surface area (Å²) in [6.07, 6.45) is 3.97. The molecule has 1 atom stereocenters. The zero-order valence-corrected chi connectivity index (χ0v) is 9.29. The van der Waals surface area contributed by atoms with Gasteiger partial charge in [0.15, 0.2) is 0 Å². The van der Waals surface area contributed by atoms with Crippen LogP contribution in [0.5, 0.6) is 0 Å². The number of alkyl halides is 1. The Morgan fingerprint density at radius 3 is 2.33 bits per heavy atom. The van der Waals surface area contributed by atoms with Crippen LogP contribution in [0.3, 0.4) is 0 Å². The highest BCUT2D eigenvalue weighted by Crippen LogP contribution is 2.12. The average molecular weight is 213 g/mol. The quantitative estimate of drug-likeness (QED) is 0.632. The van der Waals surface area contributed by atoms with Crippen molar-refractivity contribution in [2.75, 3.05) is 17.9 Å². The number of rotatable bonds is 6. The monoisotopic (exact) mass is 212 g/mol. The first-order valence-corrected chi connectivity index (χ1v) is 6.82. The van der Waals surface area contributed by atoms with Crippen LogP contribution >= 0.6 is 11.6 Å². The molecule has 12 heavy (non-hydrogen) atoms. The normalized spacial score (nSPS) is 14.6. The molecule has 0 saturated heterocycles. The lowest BCUT2D eigenvalue weighted by Crippen LogP contribution is -2.07. The van der Waals surface area contributed by atoms with Crippen molar-refractivity contribution in [1.29, 1.82) is 0 Å². The molecule has 0 aromatic rings. The highest BCUT2D eigenvalue weighted by molar-refractivity contribution is 7.90. The molecule has 4 heteroatoms. The van der Waals surface area contributed by atoms with Crippen LogP contribution in [0, 0.1) is 5.92 Å². The van der Waals surface area contributed by atoms with Crippen molar-refractivity contribution in [2.24, 2.45) is 5.92 Å². The molecule has 1 unspecified atom stereocenters. The van der Waals surface area contributed by atoms with Gasteiger partial charge < -0.3 is 0 Å². The second-order valence-electron chi connectivity index (χ2n) is 3.20. The zero-order chi connectivity index (χ0) is 9.61. The van der Waals surface area contributed by atoms with Gasteiger partial charge in [-0.1, -0.05) is 13.3 Å². The van der Waals surface area contributed by atoms with Crippen molar-refractivity contribution in [2.45, 2.75) is 26.2 Å². The number of sulfone groups is 1. The summed E-state index contributed by atoms with van der Waals surface area (Å²) < 4.78 is 21.5. The van der Waals surface area contributed by atoms with E-state index in [9.17, 15) is 8.42 Å². The summed E-state index contributed by atoms with van der Waals surface area (Å²) in [5.41, 5.74) is 0. The van der Waals surface area contributed by atoms with E-state index in [0.29, 0.717) is 17.6 Å². The predicted molar refractivity (Wildman–Crippen MR) is 53.4 cm³/mol. The molecule has 0 rings (SSSR count). The van der Waals surface area contributed by atoms with E-state index in [1.807, 2.05) is 0 Å². The van der Waals surface area contributed by atoms with Crippen molar-refractivity contribution >= 4 is 21.4 Å². The first-order valence-electron chi connectivity index (χ1n) is 4.23. The number of hydrogen-bond donors (Lipinski definition) is 0. The highest BCUT2D eigenvalue weighted by atomic mass is 35.5. The van der Waals surface area contributed by atoms with Crippen LogP contribution in [0.15, 0.2) is 0 Å². The molecule has 0 saturated carbocycles. The number of halogens is 1. The van der Waals surface area contributed by atoms with Gasteiger partial charge in [0.25, 0.3) is 0 Å². The summed E-state index contributed by atoms with van der Waals surface area (Å²) in [6.45, 7) is 2.08. The summed E-state index contributed by atoms with van der Waals surface area (Å²) in [6, 6.07) is 0. The SMILES string of the molecule is CCC(CCl)CCCS(C)(=O)=O. The van der Waals surface area contributed by atoms with E-state index in [4.69, 9.17) is 11.6 Å². The molecule has 0 radical (unpaired) electrons. The van der Waals surface area contributed by atoms with Gasteiger partial charge in [0.2, 0.25) is 0 Å². The molecule has 74 valence electrons. The Hall–Kier alpha value is 0.240. The van der Waals surface area contributed by atoms with Gasteiger partial charge >= 0.3 is 0 Å².